The monoisotopic (exact) mass is 224 g/mol. The molecule has 0 fully saturated rings. The van der Waals surface area contributed by atoms with Crippen LogP contribution in [0.3, 0.4) is 0 Å². The highest BCUT2D eigenvalue weighted by Crippen LogP contribution is 2.13. The molecular formula is C14H28N2. The fourth-order valence-electron chi connectivity index (χ4n) is 1.23. The predicted molar refractivity (Wildman–Crippen MR) is 75.2 cm³/mol. The summed E-state index contributed by atoms with van der Waals surface area (Å²) in [6.45, 7) is 12.3. The van der Waals surface area contributed by atoms with E-state index in [1.165, 1.54) is 5.56 Å². The minimum absolute atomic E-state index is 0.999. The summed E-state index contributed by atoms with van der Waals surface area (Å²) in [5.74, 6) is 1.02. The minimum Gasteiger partial charge on any atom is -0.373 e. The lowest BCUT2D eigenvalue weighted by Gasteiger charge is -2.07. The Kier molecular flexibility index (Phi) is 13.0. The SMILES string of the molecule is CC.CC.CCc1ccc(CC)c(NC)n1. The van der Waals surface area contributed by atoms with E-state index in [0.29, 0.717) is 0 Å². The number of hydrogen-bond acceptors (Lipinski definition) is 2. The molecule has 1 aromatic heterocycles. The summed E-state index contributed by atoms with van der Waals surface area (Å²) in [5.41, 5.74) is 2.44. The molecule has 0 unspecified atom stereocenters. The largest absolute Gasteiger partial charge is 0.373 e. The lowest BCUT2D eigenvalue weighted by Crippen LogP contribution is -2.00. The van der Waals surface area contributed by atoms with Crippen LogP contribution >= 0.6 is 0 Å². The van der Waals surface area contributed by atoms with Gasteiger partial charge in [0.05, 0.1) is 0 Å². The van der Waals surface area contributed by atoms with Crippen LogP contribution in [0.4, 0.5) is 5.82 Å². The number of aryl methyl sites for hydroxylation is 2. The van der Waals surface area contributed by atoms with Crippen LogP contribution in [0.25, 0.3) is 0 Å². The topological polar surface area (TPSA) is 24.9 Å². The molecular weight excluding hydrogens is 196 g/mol. The maximum absolute atomic E-state index is 4.47. The van der Waals surface area contributed by atoms with Crippen molar-refractivity contribution in [2.45, 2.75) is 54.4 Å². The fraction of sp³-hybridized carbons (Fsp3) is 0.643. The molecule has 0 aliphatic heterocycles. The number of nitrogens with one attached hydrogen (secondary N) is 1. The number of aromatic nitrogens is 1. The molecule has 0 aliphatic rings. The van der Waals surface area contributed by atoms with Crippen molar-refractivity contribution in [3.05, 3.63) is 23.4 Å². The number of nitrogens with zero attached hydrogens (tertiary/aromatic N) is 1. The molecule has 1 N–H and O–H groups in total. The van der Waals surface area contributed by atoms with Crippen molar-refractivity contribution in [1.82, 2.24) is 4.98 Å². The maximum Gasteiger partial charge on any atom is 0.129 e. The van der Waals surface area contributed by atoms with E-state index in [0.717, 1.165) is 24.4 Å². The quantitative estimate of drug-likeness (QED) is 0.828. The zero-order valence-electron chi connectivity index (χ0n) is 12.0. The zero-order chi connectivity index (χ0) is 13.0. The third-order valence-corrected chi connectivity index (χ3v) is 2.02. The Morgan fingerprint density at radius 1 is 1.00 bits per heavy atom. The van der Waals surface area contributed by atoms with E-state index in [2.05, 4.69) is 36.3 Å². The van der Waals surface area contributed by atoms with Gasteiger partial charge in [-0.25, -0.2) is 4.98 Å². The highest BCUT2D eigenvalue weighted by Gasteiger charge is 2.00. The van der Waals surface area contributed by atoms with Crippen molar-refractivity contribution >= 4 is 5.82 Å². The van der Waals surface area contributed by atoms with E-state index < -0.39 is 0 Å². The molecule has 0 amide bonds. The van der Waals surface area contributed by atoms with Gasteiger partial charge in [0.1, 0.15) is 5.82 Å². The highest BCUT2D eigenvalue weighted by molar-refractivity contribution is 5.44. The van der Waals surface area contributed by atoms with Gasteiger partial charge in [0, 0.05) is 12.7 Å². The van der Waals surface area contributed by atoms with E-state index >= 15 is 0 Å². The van der Waals surface area contributed by atoms with Crippen LogP contribution in [0.15, 0.2) is 12.1 Å². The molecule has 0 spiro atoms. The van der Waals surface area contributed by atoms with Crippen molar-refractivity contribution in [3.63, 3.8) is 0 Å². The molecule has 1 rings (SSSR count). The minimum atomic E-state index is 0.999. The summed E-state index contributed by atoms with van der Waals surface area (Å²) in [6.07, 6.45) is 2.03. The third-order valence-electron chi connectivity index (χ3n) is 2.02. The molecule has 0 aliphatic carbocycles. The number of hydrogen-bond donors (Lipinski definition) is 1. The Bertz CT molecular complexity index is 257. The van der Waals surface area contributed by atoms with Crippen molar-refractivity contribution in [1.29, 1.82) is 0 Å². The summed E-state index contributed by atoms with van der Waals surface area (Å²) in [4.78, 5) is 4.47. The van der Waals surface area contributed by atoms with E-state index in [-0.39, 0.29) is 0 Å². The van der Waals surface area contributed by atoms with Crippen LogP contribution in [0, 0.1) is 0 Å². The molecule has 2 nitrogen and oxygen atoms in total. The molecule has 0 radical (unpaired) electrons. The summed E-state index contributed by atoms with van der Waals surface area (Å²) < 4.78 is 0. The van der Waals surface area contributed by atoms with Gasteiger partial charge in [-0.1, -0.05) is 47.6 Å². The summed E-state index contributed by atoms with van der Waals surface area (Å²) in [7, 11) is 1.92. The first-order valence-electron chi connectivity index (χ1n) is 6.48. The van der Waals surface area contributed by atoms with Gasteiger partial charge in [-0.3, -0.25) is 0 Å². The molecule has 0 aromatic carbocycles. The normalized spacial score (nSPS) is 8.19. The Morgan fingerprint density at radius 3 is 1.94 bits per heavy atom. The first kappa shape index (κ1) is 17.3. The molecule has 2 heteroatoms. The van der Waals surface area contributed by atoms with Gasteiger partial charge >= 0.3 is 0 Å². The summed E-state index contributed by atoms with van der Waals surface area (Å²) in [6, 6.07) is 4.25. The van der Waals surface area contributed by atoms with Gasteiger partial charge in [-0.2, -0.15) is 0 Å². The summed E-state index contributed by atoms with van der Waals surface area (Å²) in [5, 5.41) is 3.11. The van der Waals surface area contributed by atoms with Gasteiger partial charge in [-0.15, -0.1) is 0 Å². The maximum atomic E-state index is 4.47. The molecule has 94 valence electrons. The second-order valence-electron chi connectivity index (χ2n) is 2.77. The molecule has 16 heavy (non-hydrogen) atoms. The lowest BCUT2D eigenvalue weighted by atomic mass is 10.1. The smallest absolute Gasteiger partial charge is 0.129 e. The first-order chi connectivity index (χ1) is 7.81. The second kappa shape index (κ2) is 12.0. The standard InChI is InChI=1S/C10H16N2.2C2H6/c1-4-8-6-7-9(5-2)12-10(8)11-3;2*1-2/h6-7H,4-5H2,1-3H3,(H,11,12);2*1-2H3. The van der Waals surface area contributed by atoms with Crippen LogP contribution in [-0.4, -0.2) is 12.0 Å². The number of pyridine rings is 1. The Balaban J connectivity index is 0. The average Bonchev–Trinajstić information content (AvgIpc) is 2.42. The zero-order valence-corrected chi connectivity index (χ0v) is 12.0. The van der Waals surface area contributed by atoms with E-state index in [1.54, 1.807) is 0 Å². The van der Waals surface area contributed by atoms with Crippen LogP contribution in [0.2, 0.25) is 0 Å². The van der Waals surface area contributed by atoms with Crippen LogP contribution < -0.4 is 5.32 Å². The number of anilines is 1. The van der Waals surface area contributed by atoms with Crippen LogP contribution in [0.1, 0.15) is 52.8 Å². The van der Waals surface area contributed by atoms with Crippen molar-refractivity contribution in [2.75, 3.05) is 12.4 Å². The molecule has 0 bridgehead atoms. The Morgan fingerprint density at radius 2 is 1.56 bits per heavy atom. The third kappa shape index (κ3) is 5.74. The lowest BCUT2D eigenvalue weighted by molar-refractivity contribution is 1.01. The molecule has 0 atom stereocenters. The van der Waals surface area contributed by atoms with E-state index in [1.807, 2.05) is 34.7 Å². The molecule has 1 aromatic rings. The fourth-order valence-corrected chi connectivity index (χ4v) is 1.23. The van der Waals surface area contributed by atoms with Crippen LogP contribution in [0.5, 0.6) is 0 Å². The van der Waals surface area contributed by atoms with E-state index in [9.17, 15) is 0 Å². The molecule has 0 saturated carbocycles. The average molecular weight is 224 g/mol. The van der Waals surface area contributed by atoms with Gasteiger partial charge in [0.2, 0.25) is 0 Å². The Hall–Kier alpha value is -1.05. The van der Waals surface area contributed by atoms with Gasteiger partial charge < -0.3 is 5.32 Å². The van der Waals surface area contributed by atoms with Gasteiger partial charge in [0.25, 0.3) is 0 Å². The van der Waals surface area contributed by atoms with Crippen molar-refractivity contribution in [2.24, 2.45) is 0 Å². The van der Waals surface area contributed by atoms with Crippen LogP contribution in [-0.2, 0) is 12.8 Å². The van der Waals surface area contributed by atoms with Crippen molar-refractivity contribution < 1.29 is 0 Å². The molecule has 1 heterocycles. The van der Waals surface area contributed by atoms with E-state index in [4.69, 9.17) is 0 Å². The van der Waals surface area contributed by atoms with Crippen molar-refractivity contribution in [3.8, 4) is 0 Å². The van der Waals surface area contributed by atoms with Gasteiger partial charge in [-0.05, 0) is 24.5 Å². The second-order valence-corrected chi connectivity index (χ2v) is 2.77. The highest BCUT2D eigenvalue weighted by atomic mass is 15.0. The Labute approximate surface area is 101 Å². The number of rotatable bonds is 3. The van der Waals surface area contributed by atoms with Gasteiger partial charge in [0.15, 0.2) is 0 Å². The summed E-state index contributed by atoms with van der Waals surface area (Å²) >= 11 is 0. The first-order valence-corrected chi connectivity index (χ1v) is 6.48. The predicted octanol–water partition coefficient (Wildman–Crippen LogP) is 4.30. The molecule has 0 saturated heterocycles.